The van der Waals surface area contributed by atoms with Crippen LogP contribution in [0.4, 0.5) is 4.79 Å². The molecular formula is C21H22N4O2S. The van der Waals surface area contributed by atoms with Gasteiger partial charge in [0.25, 0.3) is 5.19 Å². The Hall–Kier alpha value is -2.64. The highest BCUT2D eigenvalue weighted by Gasteiger charge is 2.44. The van der Waals surface area contributed by atoms with Crippen molar-refractivity contribution in [3.63, 3.8) is 0 Å². The Balaban J connectivity index is 1.17. The Morgan fingerprint density at radius 1 is 1.14 bits per heavy atom. The number of nitrogens with zero attached hydrogens (tertiary/aromatic N) is 3. The number of benzene rings is 2. The summed E-state index contributed by atoms with van der Waals surface area (Å²) < 4.78 is 7.05. The summed E-state index contributed by atoms with van der Waals surface area (Å²) in [5.74, 6) is 0.806. The Morgan fingerprint density at radius 2 is 1.96 bits per heavy atom. The van der Waals surface area contributed by atoms with Gasteiger partial charge in [-0.2, -0.15) is 0 Å². The average molecular weight is 395 g/mol. The van der Waals surface area contributed by atoms with Gasteiger partial charge in [0.05, 0.1) is 10.2 Å². The lowest BCUT2D eigenvalue weighted by molar-refractivity contribution is 0.142. The second-order valence-corrected chi connectivity index (χ2v) is 8.47. The molecule has 3 aromatic rings. The van der Waals surface area contributed by atoms with Gasteiger partial charge < -0.3 is 15.4 Å². The average Bonchev–Trinajstić information content (AvgIpc) is 3.40. The number of amides is 2. The zero-order chi connectivity index (χ0) is 19.1. The van der Waals surface area contributed by atoms with Crippen molar-refractivity contribution >= 4 is 27.6 Å². The number of piperazine rings is 1. The molecular weight excluding hydrogens is 372 g/mol. The van der Waals surface area contributed by atoms with Gasteiger partial charge in [0.1, 0.15) is 5.75 Å². The number of aromatic nitrogens is 1. The highest BCUT2D eigenvalue weighted by atomic mass is 32.1. The van der Waals surface area contributed by atoms with Gasteiger partial charge in [-0.1, -0.05) is 35.6 Å². The van der Waals surface area contributed by atoms with Gasteiger partial charge in [-0.05, 0) is 42.7 Å². The molecule has 3 heterocycles. The zero-order valence-corrected chi connectivity index (χ0v) is 16.3. The lowest BCUT2D eigenvalue weighted by atomic mass is 10.1. The number of hydrogen-bond acceptors (Lipinski definition) is 5. The monoisotopic (exact) mass is 394 g/mol. The van der Waals surface area contributed by atoms with Crippen LogP contribution in [0.2, 0.25) is 0 Å². The minimum absolute atomic E-state index is 0.282. The predicted molar refractivity (Wildman–Crippen MR) is 110 cm³/mol. The number of urea groups is 1. The number of carbonyl (C=O) groups excluding carboxylic acids is 1. The molecule has 2 fully saturated rings. The molecule has 2 aromatic carbocycles. The first-order valence-electron chi connectivity index (χ1n) is 9.58. The molecule has 2 amide bonds. The third-order valence-corrected chi connectivity index (χ3v) is 6.64. The van der Waals surface area contributed by atoms with Crippen LogP contribution in [-0.2, 0) is 6.42 Å². The van der Waals surface area contributed by atoms with E-state index < -0.39 is 0 Å². The molecule has 1 aromatic heterocycles. The first kappa shape index (κ1) is 17.5. The van der Waals surface area contributed by atoms with E-state index in [0.29, 0.717) is 17.3 Å². The summed E-state index contributed by atoms with van der Waals surface area (Å²) in [5.41, 5.74) is 7.69. The molecule has 2 N–H and O–H groups in total. The van der Waals surface area contributed by atoms with Crippen LogP contribution in [0.5, 0.6) is 10.9 Å². The van der Waals surface area contributed by atoms with Crippen LogP contribution in [0.3, 0.4) is 0 Å². The first-order chi connectivity index (χ1) is 13.7. The van der Waals surface area contributed by atoms with Crippen molar-refractivity contribution in [2.24, 2.45) is 5.73 Å². The number of fused-ring (bicyclic) bond motifs is 3. The number of para-hydroxylation sites is 1. The highest BCUT2D eigenvalue weighted by molar-refractivity contribution is 7.20. The second-order valence-electron chi connectivity index (χ2n) is 7.47. The summed E-state index contributed by atoms with van der Waals surface area (Å²) in [6, 6.07) is 16.8. The van der Waals surface area contributed by atoms with Crippen molar-refractivity contribution in [1.82, 2.24) is 14.8 Å². The Labute approximate surface area is 167 Å². The van der Waals surface area contributed by atoms with Crippen molar-refractivity contribution in [2.45, 2.75) is 24.9 Å². The molecule has 0 unspecified atom stereocenters. The van der Waals surface area contributed by atoms with Crippen LogP contribution in [0.15, 0.2) is 48.5 Å². The summed E-state index contributed by atoms with van der Waals surface area (Å²) in [6.45, 7) is 2.72. The van der Waals surface area contributed by atoms with Crippen molar-refractivity contribution in [2.75, 3.05) is 19.6 Å². The number of primary amides is 1. The number of ether oxygens (including phenoxy) is 1. The van der Waals surface area contributed by atoms with Gasteiger partial charge in [0, 0.05) is 31.7 Å². The maximum absolute atomic E-state index is 11.4. The SMILES string of the molecule is NC(=O)N1C[C@@H]2C[C@H]1CN2CCc1ccc(Oc2nc3ccccc3s2)cc1. The summed E-state index contributed by atoms with van der Waals surface area (Å²) in [6.07, 6.45) is 2.04. The molecule has 2 saturated heterocycles. The van der Waals surface area contributed by atoms with Crippen LogP contribution in [0.1, 0.15) is 12.0 Å². The van der Waals surface area contributed by atoms with E-state index in [1.807, 2.05) is 35.2 Å². The number of thiazole rings is 1. The molecule has 6 nitrogen and oxygen atoms in total. The topological polar surface area (TPSA) is 71.7 Å². The van der Waals surface area contributed by atoms with Crippen molar-refractivity contribution in [1.29, 1.82) is 0 Å². The Bertz CT molecular complexity index is 970. The summed E-state index contributed by atoms with van der Waals surface area (Å²) >= 11 is 1.56. The van der Waals surface area contributed by atoms with Gasteiger partial charge in [-0.3, -0.25) is 4.90 Å². The van der Waals surface area contributed by atoms with Crippen LogP contribution >= 0.6 is 11.3 Å². The molecule has 0 radical (unpaired) electrons. The van der Waals surface area contributed by atoms with Crippen LogP contribution in [0.25, 0.3) is 10.2 Å². The molecule has 2 aliphatic heterocycles. The van der Waals surface area contributed by atoms with Gasteiger partial charge in [-0.25, -0.2) is 9.78 Å². The fourth-order valence-corrected chi connectivity index (χ4v) is 5.12. The second kappa shape index (κ2) is 7.07. The third-order valence-electron chi connectivity index (χ3n) is 5.73. The minimum Gasteiger partial charge on any atom is -0.431 e. The molecule has 144 valence electrons. The number of rotatable bonds is 5. The smallest absolute Gasteiger partial charge is 0.315 e. The molecule has 0 aliphatic carbocycles. The summed E-state index contributed by atoms with van der Waals surface area (Å²) in [5, 5.41) is 0.668. The molecule has 2 bridgehead atoms. The first-order valence-corrected chi connectivity index (χ1v) is 10.4. The standard InChI is InChI=1S/C21H22N4O2S/c22-20(26)25-13-15-11-16(25)12-24(15)10-9-14-5-7-17(8-6-14)27-21-23-18-3-1-2-4-19(18)28-21/h1-8,15-16H,9-13H2,(H2,22,26)/t15-,16-/m0/s1. The van der Waals surface area contributed by atoms with E-state index in [4.69, 9.17) is 10.5 Å². The van der Waals surface area contributed by atoms with Gasteiger partial charge in [-0.15, -0.1) is 0 Å². The summed E-state index contributed by atoms with van der Waals surface area (Å²) in [7, 11) is 0. The maximum Gasteiger partial charge on any atom is 0.315 e. The van der Waals surface area contributed by atoms with E-state index in [2.05, 4.69) is 28.1 Å². The summed E-state index contributed by atoms with van der Waals surface area (Å²) in [4.78, 5) is 20.2. The van der Waals surface area contributed by atoms with Gasteiger partial charge >= 0.3 is 6.03 Å². The van der Waals surface area contributed by atoms with Crippen molar-refractivity contribution in [3.8, 4) is 10.9 Å². The molecule has 5 rings (SSSR count). The molecule has 7 heteroatoms. The van der Waals surface area contributed by atoms with E-state index in [1.165, 1.54) is 5.56 Å². The van der Waals surface area contributed by atoms with E-state index >= 15 is 0 Å². The molecule has 2 aliphatic rings. The number of likely N-dealkylation sites (tertiary alicyclic amines) is 2. The minimum atomic E-state index is -0.282. The lowest BCUT2D eigenvalue weighted by Crippen LogP contribution is -2.50. The molecule has 2 atom stereocenters. The normalized spacial score (nSPS) is 21.5. The quantitative estimate of drug-likeness (QED) is 0.719. The van der Waals surface area contributed by atoms with Crippen LogP contribution in [-0.4, -0.2) is 52.5 Å². The number of hydrogen-bond donors (Lipinski definition) is 1. The van der Waals surface area contributed by atoms with Crippen molar-refractivity contribution in [3.05, 3.63) is 54.1 Å². The molecule has 0 spiro atoms. The Kier molecular flexibility index (Phi) is 4.41. The zero-order valence-electron chi connectivity index (χ0n) is 15.5. The van der Waals surface area contributed by atoms with E-state index in [1.54, 1.807) is 11.3 Å². The predicted octanol–water partition coefficient (Wildman–Crippen LogP) is 3.47. The fraction of sp³-hybridized carbons (Fsp3) is 0.333. The van der Waals surface area contributed by atoms with Crippen LogP contribution < -0.4 is 10.5 Å². The van der Waals surface area contributed by atoms with Gasteiger partial charge in [0.15, 0.2) is 0 Å². The van der Waals surface area contributed by atoms with Crippen molar-refractivity contribution < 1.29 is 9.53 Å². The number of carbonyl (C=O) groups is 1. The number of nitrogens with two attached hydrogens (primary N) is 1. The van der Waals surface area contributed by atoms with Gasteiger partial charge in [0.2, 0.25) is 0 Å². The fourth-order valence-electron chi connectivity index (χ4n) is 4.29. The largest absolute Gasteiger partial charge is 0.431 e. The third kappa shape index (κ3) is 3.31. The van der Waals surface area contributed by atoms with Crippen LogP contribution in [0, 0.1) is 0 Å². The lowest BCUT2D eigenvalue weighted by Gasteiger charge is -2.33. The maximum atomic E-state index is 11.4. The molecule has 0 saturated carbocycles. The highest BCUT2D eigenvalue weighted by Crippen LogP contribution is 2.32. The van der Waals surface area contributed by atoms with E-state index in [-0.39, 0.29) is 6.03 Å². The molecule has 28 heavy (non-hydrogen) atoms. The van der Waals surface area contributed by atoms with E-state index in [9.17, 15) is 4.79 Å². The Morgan fingerprint density at radius 3 is 2.68 bits per heavy atom. The van der Waals surface area contributed by atoms with E-state index in [0.717, 1.165) is 48.4 Å².